The zero-order chi connectivity index (χ0) is 24.7. The predicted octanol–water partition coefficient (Wildman–Crippen LogP) is 0.942. The van der Waals surface area contributed by atoms with E-state index in [1.807, 2.05) is 6.07 Å². The van der Waals surface area contributed by atoms with Gasteiger partial charge in [0.25, 0.3) is 11.8 Å². The highest BCUT2D eigenvalue weighted by Crippen LogP contribution is 2.32. The summed E-state index contributed by atoms with van der Waals surface area (Å²) in [5.41, 5.74) is 1.48. The molecule has 1 saturated carbocycles. The number of esters is 1. The molecule has 0 aromatic heterocycles. The molecule has 3 heterocycles. The van der Waals surface area contributed by atoms with Crippen LogP contribution in [0, 0.1) is 5.92 Å². The quantitative estimate of drug-likeness (QED) is 0.498. The number of piperidine rings is 1. The van der Waals surface area contributed by atoms with Gasteiger partial charge in [-0.3, -0.25) is 39.1 Å². The lowest BCUT2D eigenvalue weighted by Gasteiger charge is -2.42. The lowest BCUT2D eigenvalue weighted by molar-refractivity contribution is -0.147. The lowest BCUT2D eigenvalue weighted by Crippen LogP contribution is -2.54. The summed E-state index contributed by atoms with van der Waals surface area (Å²) in [5, 5.41) is 2.22. The highest BCUT2D eigenvalue weighted by molar-refractivity contribution is 6.23. The van der Waals surface area contributed by atoms with Crippen LogP contribution < -0.4 is 10.2 Å². The second kappa shape index (κ2) is 9.41. The summed E-state index contributed by atoms with van der Waals surface area (Å²) in [6.45, 7) is 3.38. The summed E-state index contributed by atoms with van der Waals surface area (Å²) in [6.07, 6.45) is 3.96. The van der Waals surface area contributed by atoms with Crippen molar-refractivity contribution in [2.24, 2.45) is 5.92 Å². The van der Waals surface area contributed by atoms with Crippen molar-refractivity contribution in [3.63, 3.8) is 0 Å². The fourth-order valence-electron chi connectivity index (χ4n) is 5.84. The Morgan fingerprint density at radius 3 is 2.26 bits per heavy atom. The standard InChI is InChI=1S/C25H30N4O6/c1-35-25(34)15-2-4-16(5-3-15)27-10-12-28(13-11-27)17-6-7-18-19(14-17)24(33)29(23(18)32)20-8-9-21(30)26-22(20)31/h6-7,14-16,20H,2-5,8-13H2,1H3,(H,26,30,31). The minimum absolute atomic E-state index is 0.0175. The first kappa shape index (κ1) is 23.5. The molecule has 0 bridgehead atoms. The number of carbonyl (C=O) groups excluding carboxylic acids is 5. The van der Waals surface area contributed by atoms with Crippen LogP contribution in [0.25, 0.3) is 0 Å². The maximum absolute atomic E-state index is 13.1. The van der Waals surface area contributed by atoms with Crippen LogP contribution in [0.1, 0.15) is 59.2 Å². The van der Waals surface area contributed by atoms with Gasteiger partial charge in [0, 0.05) is 44.3 Å². The first-order valence-corrected chi connectivity index (χ1v) is 12.3. The first-order chi connectivity index (χ1) is 16.9. The molecule has 2 saturated heterocycles. The smallest absolute Gasteiger partial charge is 0.308 e. The number of nitrogens with zero attached hydrogens (tertiary/aromatic N) is 3. The van der Waals surface area contributed by atoms with Gasteiger partial charge in [0.05, 0.1) is 24.2 Å². The molecule has 0 radical (unpaired) electrons. The van der Waals surface area contributed by atoms with E-state index in [1.165, 1.54) is 7.11 Å². The van der Waals surface area contributed by atoms with E-state index >= 15 is 0 Å². The molecule has 1 aliphatic carbocycles. The Balaban J connectivity index is 1.22. The topological polar surface area (TPSA) is 116 Å². The molecule has 1 aromatic rings. The largest absolute Gasteiger partial charge is 0.469 e. The molecule has 35 heavy (non-hydrogen) atoms. The van der Waals surface area contributed by atoms with Gasteiger partial charge in [0.2, 0.25) is 11.8 Å². The molecule has 10 heteroatoms. The van der Waals surface area contributed by atoms with Crippen LogP contribution in [-0.4, -0.2) is 84.8 Å². The van der Waals surface area contributed by atoms with Crippen molar-refractivity contribution in [2.45, 2.75) is 50.6 Å². The number of nitrogens with one attached hydrogen (secondary N) is 1. The van der Waals surface area contributed by atoms with Crippen LogP contribution in [0.5, 0.6) is 0 Å². The number of rotatable bonds is 4. The van der Waals surface area contributed by atoms with E-state index in [-0.39, 0.29) is 30.6 Å². The summed E-state index contributed by atoms with van der Waals surface area (Å²) in [7, 11) is 1.45. The SMILES string of the molecule is COC(=O)C1CCC(N2CCN(c3ccc4c(c3)C(=O)N(C3CCC(=O)NC3=O)C4=O)CC2)CC1. The van der Waals surface area contributed by atoms with E-state index in [0.717, 1.165) is 62.4 Å². The average molecular weight is 483 g/mol. The van der Waals surface area contributed by atoms with E-state index in [2.05, 4.69) is 15.1 Å². The molecular weight excluding hydrogens is 452 g/mol. The Kier molecular flexibility index (Phi) is 6.31. The summed E-state index contributed by atoms with van der Waals surface area (Å²) >= 11 is 0. The molecule has 10 nitrogen and oxygen atoms in total. The molecule has 4 amide bonds. The van der Waals surface area contributed by atoms with Crippen molar-refractivity contribution in [3.05, 3.63) is 29.3 Å². The molecule has 186 valence electrons. The van der Waals surface area contributed by atoms with Crippen molar-refractivity contribution in [1.82, 2.24) is 15.1 Å². The minimum Gasteiger partial charge on any atom is -0.469 e. The monoisotopic (exact) mass is 482 g/mol. The first-order valence-electron chi connectivity index (χ1n) is 12.3. The second-order valence-corrected chi connectivity index (χ2v) is 9.73. The van der Waals surface area contributed by atoms with Gasteiger partial charge in [0.1, 0.15) is 6.04 Å². The second-order valence-electron chi connectivity index (χ2n) is 9.73. The molecule has 5 rings (SSSR count). The number of carbonyl (C=O) groups is 5. The Morgan fingerprint density at radius 1 is 0.914 bits per heavy atom. The molecule has 3 fully saturated rings. The van der Waals surface area contributed by atoms with Crippen LogP contribution >= 0.6 is 0 Å². The average Bonchev–Trinajstić information content (AvgIpc) is 3.13. The number of amides is 4. The Bertz CT molecular complexity index is 1070. The predicted molar refractivity (Wildman–Crippen MR) is 125 cm³/mol. The van der Waals surface area contributed by atoms with E-state index in [4.69, 9.17) is 4.74 Å². The number of hydrogen-bond acceptors (Lipinski definition) is 8. The fraction of sp³-hybridized carbons (Fsp3) is 0.560. The van der Waals surface area contributed by atoms with Crippen molar-refractivity contribution in [1.29, 1.82) is 0 Å². The van der Waals surface area contributed by atoms with E-state index in [9.17, 15) is 24.0 Å². The van der Waals surface area contributed by atoms with Crippen molar-refractivity contribution < 1.29 is 28.7 Å². The number of anilines is 1. The number of benzene rings is 1. The number of piperazine rings is 1. The number of methoxy groups -OCH3 is 1. The van der Waals surface area contributed by atoms with Crippen LogP contribution in [-0.2, 0) is 19.1 Å². The van der Waals surface area contributed by atoms with Gasteiger partial charge < -0.3 is 9.64 Å². The Labute approximate surface area is 203 Å². The van der Waals surface area contributed by atoms with Crippen LogP contribution in [0.2, 0.25) is 0 Å². The van der Waals surface area contributed by atoms with Gasteiger partial charge in [0.15, 0.2) is 0 Å². The third-order valence-electron chi connectivity index (χ3n) is 7.85. The number of imide groups is 2. The van der Waals surface area contributed by atoms with Crippen LogP contribution in [0.15, 0.2) is 18.2 Å². The van der Waals surface area contributed by atoms with Crippen molar-refractivity contribution in [2.75, 3.05) is 38.2 Å². The van der Waals surface area contributed by atoms with Crippen LogP contribution in [0.4, 0.5) is 5.69 Å². The zero-order valence-electron chi connectivity index (χ0n) is 19.8. The third kappa shape index (κ3) is 4.31. The maximum atomic E-state index is 13.1. The van der Waals surface area contributed by atoms with Crippen molar-refractivity contribution in [3.8, 4) is 0 Å². The lowest BCUT2D eigenvalue weighted by atomic mass is 9.85. The molecule has 1 atom stereocenters. The molecule has 4 aliphatic rings. The summed E-state index contributed by atoms with van der Waals surface area (Å²) in [4.78, 5) is 67.2. The number of ether oxygens (including phenoxy) is 1. The van der Waals surface area contributed by atoms with E-state index < -0.39 is 23.8 Å². The van der Waals surface area contributed by atoms with Gasteiger partial charge >= 0.3 is 5.97 Å². The molecule has 0 spiro atoms. The Morgan fingerprint density at radius 2 is 1.60 bits per heavy atom. The molecule has 3 aliphatic heterocycles. The van der Waals surface area contributed by atoms with Gasteiger partial charge in [-0.2, -0.15) is 0 Å². The number of hydrogen-bond donors (Lipinski definition) is 1. The Hall–Kier alpha value is -3.27. The highest BCUT2D eigenvalue weighted by Gasteiger charge is 2.44. The van der Waals surface area contributed by atoms with Crippen molar-refractivity contribution >= 4 is 35.3 Å². The molecule has 1 aromatic carbocycles. The van der Waals surface area contributed by atoms with E-state index in [0.29, 0.717) is 17.2 Å². The van der Waals surface area contributed by atoms with Gasteiger partial charge in [-0.1, -0.05) is 0 Å². The van der Waals surface area contributed by atoms with Gasteiger partial charge in [-0.05, 0) is 50.3 Å². The normalized spacial score (nSPS) is 27.6. The summed E-state index contributed by atoms with van der Waals surface area (Å²) in [6, 6.07) is 4.78. The number of fused-ring (bicyclic) bond motifs is 1. The molecular formula is C25H30N4O6. The highest BCUT2D eigenvalue weighted by atomic mass is 16.5. The maximum Gasteiger partial charge on any atom is 0.308 e. The molecule has 1 N–H and O–H groups in total. The minimum atomic E-state index is -0.957. The molecule has 1 unspecified atom stereocenters. The van der Waals surface area contributed by atoms with Gasteiger partial charge in [-0.25, -0.2) is 0 Å². The fourth-order valence-corrected chi connectivity index (χ4v) is 5.84. The third-order valence-corrected chi connectivity index (χ3v) is 7.85. The summed E-state index contributed by atoms with van der Waals surface area (Å²) in [5.74, 6) is -2.05. The summed E-state index contributed by atoms with van der Waals surface area (Å²) < 4.78 is 4.89. The van der Waals surface area contributed by atoms with E-state index in [1.54, 1.807) is 12.1 Å². The van der Waals surface area contributed by atoms with Crippen LogP contribution in [0.3, 0.4) is 0 Å². The van der Waals surface area contributed by atoms with Gasteiger partial charge in [-0.15, -0.1) is 0 Å². The zero-order valence-corrected chi connectivity index (χ0v) is 19.8.